The number of aryl methyl sites for hydroxylation is 1. The molecule has 156 valence electrons. The number of anilines is 1. The second-order valence-corrected chi connectivity index (χ2v) is 8.34. The Labute approximate surface area is 180 Å². The molecule has 0 aliphatic carbocycles. The van der Waals surface area contributed by atoms with Crippen LogP contribution in [0.4, 0.5) is 5.13 Å². The fourth-order valence-electron chi connectivity index (χ4n) is 2.98. The SMILES string of the molecule is CC[C@H](C)[C@H](NC(=O)Cc1ccccc1)C(=O)Nc1nnc(-c2ccc(C)cc2)s1. The molecule has 3 aromatic rings. The van der Waals surface area contributed by atoms with Crippen LogP contribution >= 0.6 is 11.3 Å². The zero-order valence-corrected chi connectivity index (χ0v) is 18.2. The quantitative estimate of drug-likeness (QED) is 0.569. The molecule has 0 radical (unpaired) electrons. The van der Waals surface area contributed by atoms with E-state index in [0.29, 0.717) is 5.13 Å². The molecule has 0 bridgehead atoms. The van der Waals surface area contributed by atoms with Gasteiger partial charge in [0.15, 0.2) is 0 Å². The number of rotatable bonds is 8. The third-order valence-electron chi connectivity index (χ3n) is 4.97. The first-order valence-corrected chi connectivity index (χ1v) is 10.8. The molecule has 2 amide bonds. The van der Waals surface area contributed by atoms with Crippen molar-refractivity contribution in [1.82, 2.24) is 15.5 Å². The van der Waals surface area contributed by atoms with Gasteiger partial charge in [-0.15, -0.1) is 10.2 Å². The van der Waals surface area contributed by atoms with E-state index in [9.17, 15) is 9.59 Å². The third-order valence-corrected chi connectivity index (χ3v) is 5.86. The third kappa shape index (κ3) is 5.73. The van der Waals surface area contributed by atoms with Crippen molar-refractivity contribution in [2.75, 3.05) is 5.32 Å². The molecule has 0 saturated heterocycles. The molecular weight excluding hydrogens is 396 g/mol. The maximum Gasteiger partial charge on any atom is 0.249 e. The van der Waals surface area contributed by atoms with Crippen molar-refractivity contribution in [2.45, 2.75) is 39.7 Å². The number of nitrogens with one attached hydrogen (secondary N) is 2. The van der Waals surface area contributed by atoms with E-state index >= 15 is 0 Å². The van der Waals surface area contributed by atoms with Crippen LogP contribution in [0.1, 0.15) is 31.4 Å². The topological polar surface area (TPSA) is 84.0 Å². The molecule has 2 atom stereocenters. The van der Waals surface area contributed by atoms with Gasteiger partial charge in [-0.25, -0.2) is 0 Å². The predicted octanol–water partition coefficient (Wildman–Crippen LogP) is 4.23. The summed E-state index contributed by atoms with van der Waals surface area (Å²) in [5.41, 5.74) is 3.03. The molecule has 3 rings (SSSR count). The molecule has 0 fully saturated rings. The lowest BCUT2D eigenvalue weighted by atomic mass is 9.98. The minimum absolute atomic E-state index is 0.0192. The molecule has 0 spiro atoms. The maximum atomic E-state index is 12.9. The number of carbonyl (C=O) groups is 2. The van der Waals surface area contributed by atoms with Crippen LogP contribution in [-0.4, -0.2) is 28.1 Å². The van der Waals surface area contributed by atoms with Gasteiger partial charge in [0, 0.05) is 5.56 Å². The normalized spacial score (nSPS) is 12.8. The van der Waals surface area contributed by atoms with Crippen molar-refractivity contribution >= 4 is 28.3 Å². The van der Waals surface area contributed by atoms with Crippen LogP contribution in [0.15, 0.2) is 54.6 Å². The van der Waals surface area contributed by atoms with E-state index in [1.54, 1.807) is 0 Å². The molecule has 0 aliphatic heterocycles. The van der Waals surface area contributed by atoms with Gasteiger partial charge in [0.05, 0.1) is 6.42 Å². The highest BCUT2D eigenvalue weighted by molar-refractivity contribution is 7.18. The Hall–Kier alpha value is -3.06. The van der Waals surface area contributed by atoms with Gasteiger partial charge >= 0.3 is 0 Å². The van der Waals surface area contributed by atoms with Crippen LogP contribution in [0.25, 0.3) is 10.6 Å². The summed E-state index contributed by atoms with van der Waals surface area (Å²) in [6, 6.07) is 16.8. The largest absolute Gasteiger partial charge is 0.344 e. The summed E-state index contributed by atoms with van der Waals surface area (Å²) in [5.74, 6) is -0.481. The summed E-state index contributed by atoms with van der Waals surface area (Å²) >= 11 is 1.31. The molecular formula is C23H26N4O2S. The van der Waals surface area contributed by atoms with Crippen molar-refractivity contribution in [3.63, 3.8) is 0 Å². The summed E-state index contributed by atoms with van der Waals surface area (Å²) in [5, 5.41) is 15.1. The van der Waals surface area contributed by atoms with Gasteiger partial charge < -0.3 is 5.32 Å². The van der Waals surface area contributed by atoms with E-state index in [2.05, 4.69) is 20.8 Å². The van der Waals surface area contributed by atoms with E-state index in [0.717, 1.165) is 22.6 Å². The molecule has 1 aromatic heterocycles. The van der Waals surface area contributed by atoms with Crippen molar-refractivity contribution in [3.8, 4) is 10.6 Å². The first kappa shape index (κ1) is 21.6. The van der Waals surface area contributed by atoms with E-state index in [1.165, 1.54) is 16.9 Å². The lowest BCUT2D eigenvalue weighted by Gasteiger charge is -2.23. The number of amides is 2. The molecule has 2 N–H and O–H groups in total. The first-order chi connectivity index (χ1) is 14.5. The van der Waals surface area contributed by atoms with Crippen molar-refractivity contribution in [3.05, 3.63) is 65.7 Å². The highest BCUT2D eigenvalue weighted by Crippen LogP contribution is 2.26. The minimum Gasteiger partial charge on any atom is -0.344 e. The van der Waals surface area contributed by atoms with Crippen LogP contribution in [0.2, 0.25) is 0 Å². The summed E-state index contributed by atoms with van der Waals surface area (Å²) < 4.78 is 0. The minimum atomic E-state index is -0.641. The van der Waals surface area contributed by atoms with E-state index in [1.807, 2.05) is 75.4 Å². The van der Waals surface area contributed by atoms with Gasteiger partial charge in [0.2, 0.25) is 16.9 Å². The highest BCUT2D eigenvalue weighted by atomic mass is 32.1. The zero-order chi connectivity index (χ0) is 21.5. The first-order valence-electron chi connectivity index (χ1n) is 10.0. The molecule has 0 unspecified atom stereocenters. The Bertz CT molecular complexity index is 986. The number of nitrogens with zero attached hydrogens (tertiary/aromatic N) is 2. The Balaban J connectivity index is 1.66. The number of hydrogen-bond donors (Lipinski definition) is 2. The smallest absolute Gasteiger partial charge is 0.249 e. The summed E-state index contributed by atoms with van der Waals surface area (Å²) in [6.45, 7) is 5.97. The second kappa shape index (κ2) is 10.1. The second-order valence-electron chi connectivity index (χ2n) is 7.36. The van der Waals surface area contributed by atoms with Crippen LogP contribution in [0.5, 0.6) is 0 Å². The van der Waals surface area contributed by atoms with Crippen LogP contribution in [0.3, 0.4) is 0 Å². The predicted molar refractivity (Wildman–Crippen MR) is 120 cm³/mol. The zero-order valence-electron chi connectivity index (χ0n) is 17.4. The Morgan fingerprint density at radius 1 is 1.03 bits per heavy atom. The number of hydrogen-bond acceptors (Lipinski definition) is 5. The van der Waals surface area contributed by atoms with E-state index in [-0.39, 0.29) is 24.2 Å². The molecule has 7 heteroatoms. The fraction of sp³-hybridized carbons (Fsp3) is 0.304. The van der Waals surface area contributed by atoms with Gasteiger partial charge in [-0.2, -0.15) is 0 Å². The van der Waals surface area contributed by atoms with Gasteiger partial charge in [-0.1, -0.05) is 91.8 Å². The standard InChI is InChI=1S/C23H26N4O2S/c1-4-16(3)20(24-19(28)14-17-8-6-5-7-9-17)21(29)25-23-27-26-22(30-23)18-12-10-15(2)11-13-18/h5-13,16,20H,4,14H2,1-3H3,(H,24,28)(H,25,27,29)/t16-,20-/m0/s1. The van der Waals surface area contributed by atoms with Crippen molar-refractivity contribution in [1.29, 1.82) is 0 Å². The molecule has 0 aliphatic rings. The Kier molecular flexibility index (Phi) is 7.30. The lowest BCUT2D eigenvalue weighted by molar-refractivity contribution is -0.127. The van der Waals surface area contributed by atoms with Gasteiger partial charge in [-0.05, 0) is 18.4 Å². The monoisotopic (exact) mass is 422 g/mol. The number of aromatic nitrogens is 2. The Morgan fingerprint density at radius 2 is 1.73 bits per heavy atom. The average molecular weight is 423 g/mol. The molecule has 2 aromatic carbocycles. The lowest BCUT2D eigenvalue weighted by Crippen LogP contribution is -2.48. The van der Waals surface area contributed by atoms with Crippen LogP contribution < -0.4 is 10.6 Å². The number of carbonyl (C=O) groups excluding carboxylic acids is 2. The van der Waals surface area contributed by atoms with E-state index in [4.69, 9.17) is 0 Å². The average Bonchev–Trinajstić information content (AvgIpc) is 3.21. The molecule has 6 nitrogen and oxygen atoms in total. The molecule has 0 saturated carbocycles. The Morgan fingerprint density at radius 3 is 2.40 bits per heavy atom. The van der Waals surface area contributed by atoms with Gasteiger partial charge in [0.1, 0.15) is 11.0 Å². The summed E-state index contributed by atoms with van der Waals surface area (Å²) in [4.78, 5) is 25.4. The molecule has 1 heterocycles. The van der Waals surface area contributed by atoms with Gasteiger partial charge in [0.25, 0.3) is 0 Å². The van der Waals surface area contributed by atoms with Gasteiger partial charge in [-0.3, -0.25) is 14.9 Å². The van der Waals surface area contributed by atoms with E-state index < -0.39 is 6.04 Å². The highest BCUT2D eigenvalue weighted by Gasteiger charge is 2.27. The van der Waals surface area contributed by atoms with Crippen molar-refractivity contribution < 1.29 is 9.59 Å². The van der Waals surface area contributed by atoms with Crippen molar-refractivity contribution in [2.24, 2.45) is 5.92 Å². The summed E-state index contributed by atoms with van der Waals surface area (Å²) in [7, 11) is 0. The van der Waals surface area contributed by atoms with Crippen LogP contribution in [0, 0.1) is 12.8 Å². The molecule has 30 heavy (non-hydrogen) atoms. The summed E-state index contributed by atoms with van der Waals surface area (Å²) in [6.07, 6.45) is 0.992. The van der Waals surface area contributed by atoms with Crippen LogP contribution in [-0.2, 0) is 16.0 Å². The fourth-order valence-corrected chi connectivity index (χ4v) is 3.73. The maximum absolute atomic E-state index is 12.9. The number of benzene rings is 2.